The van der Waals surface area contributed by atoms with E-state index in [-0.39, 0.29) is 58.1 Å². The number of aliphatic hydroxyl groups is 4. The summed E-state index contributed by atoms with van der Waals surface area (Å²) in [6.07, 6.45) is -1.67. The second-order valence-corrected chi connectivity index (χ2v) is 5.07. The highest BCUT2D eigenvalue weighted by atomic mass is 16.6. The Labute approximate surface area is 137 Å². The lowest BCUT2D eigenvalue weighted by atomic mass is 9.95. The molecule has 0 amide bonds. The Balaban J connectivity index is 4.70. The third-order valence-corrected chi connectivity index (χ3v) is 3.34. The smallest absolute Gasteiger partial charge is 0.157 e. The normalized spacial score (nSPS) is 17.0. The third kappa shape index (κ3) is 11.0. The van der Waals surface area contributed by atoms with Crippen LogP contribution >= 0.6 is 0 Å². The van der Waals surface area contributed by atoms with E-state index in [1.165, 1.54) is 0 Å². The summed E-state index contributed by atoms with van der Waals surface area (Å²) in [4.78, 5) is 0. The van der Waals surface area contributed by atoms with Crippen molar-refractivity contribution in [3.05, 3.63) is 0 Å². The van der Waals surface area contributed by atoms with Gasteiger partial charge in [0.25, 0.3) is 0 Å². The molecule has 0 aromatic rings. The van der Waals surface area contributed by atoms with Crippen LogP contribution in [-0.4, -0.2) is 91.8 Å². The second-order valence-electron chi connectivity index (χ2n) is 5.07. The van der Waals surface area contributed by atoms with Crippen LogP contribution in [0.2, 0.25) is 0 Å². The van der Waals surface area contributed by atoms with Crippen molar-refractivity contribution >= 4 is 0 Å². The summed E-state index contributed by atoms with van der Waals surface area (Å²) >= 11 is 0. The topological polar surface area (TPSA) is 118 Å². The van der Waals surface area contributed by atoms with Gasteiger partial charge >= 0.3 is 0 Å². The maximum Gasteiger partial charge on any atom is 0.157 e. The van der Waals surface area contributed by atoms with Gasteiger partial charge in [0.1, 0.15) is 0 Å². The maximum atomic E-state index is 9.84. The number of ether oxygens (including phenoxy) is 4. The van der Waals surface area contributed by atoms with Crippen LogP contribution in [-0.2, 0) is 18.9 Å². The molecule has 140 valence electrons. The first-order valence-corrected chi connectivity index (χ1v) is 8.03. The Morgan fingerprint density at radius 3 is 1.87 bits per heavy atom. The highest BCUT2D eigenvalue weighted by Gasteiger charge is 2.29. The summed E-state index contributed by atoms with van der Waals surface area (Å²) in [5.41, 5.74) is 0. The van der Waals surface area contributed by atoms with E-state index in [1.807, 2.05) is 13.8 Å². The van der Waals surface area contributed by atoms with Gasteiger partial charge in [0, 0.05) is 18.9 Å². The molecular weight excluding hydrogens is 308 g/mol. The fraction of sp³-hybridized carbons (Fsp3) is 1.00. The molecule has 0 spiro atoms. The Bertz CT molecular complexity index is 246. The van der Waals surface area contributed by atoms with Gasteiger partial charge in [-0.15, -0.1) is 0 Å². The number of aliphatic hydroxyl groups excluding tert-OH is 4. The van der Waals surface area contributed by atoms with Gasteiger partial charge in [-0.25, -0.2) is 0 Å². The summed E-state index contributed by atoms with van der Waals surface area (Å²) in [7, 11) is 0. The number of hydrogen-bond acceptors (Lipinski definition) is 8. The van der Waals surface area contributed by atoms with E-state index in [2.05, 4.69) is 0 Å². The van der Waals surface area contributed by atoms with E-state index in [4.69, 9.17) is 34.3 Å². The van der Waals surface area contributed by atoms with Crippen LogP contribution in [0.15, 0.2) is 0 Å². The summed E-state index contributed by atoms with van der Waals surface area (Å²) in [6.45, 7) is 4.57. The van der Waals surface area contributed by atoms with Crippen molar-refractivity contribution in [1.82, 2.24) is 0 Å². The van der Waals surface area contributed by atoms with Gasteiger partial charge in [0.15, 0.2) is 6.29 Å². The zero-order valence-electron chi connectivity index (χ0n) is 14.1. The molecular formula is C15H32O8. The molecule has 0 aliphatic carbocycles. The fourth-order valence-corrected chi connectivity index (χ4v) is 2.12. The predicted molar refractivity (Wildman–Crippen MR) is 83.0 cm³/mol. The predicted octanol–water partition coefficient (Wildman–Crippen LogP) is -0.869. The molecule has 23 heavy (non-hydrogen) atoms. The molecule has 8 nitrogen and oxygen atoms in total. The average molecular weight is 340 g/mol. The van der Waals surface area contributed by atoms with Crippen molar-refractivity contribution in [2.24, 2.45) is 5.92 Å². The highest BCUT2D eigenvalue weighted by molar-refractivity contribution is 4.76. The van der Waals surface area contributed by atoms with E-state index in [0.717, 1.165) is 0 Å². The van der Waals surface area contributed by atoms with E-state index in [0.29, 0.717) is 13.2 Å². The SMILES string of the molecule is CCOCC(OCCO)C(C)C(CC(O)OCCO)OCCO. The van der Waals surface area contributed by atoms with Gasteiger partial charge in [0.05, 0.1) is 58.5 Å². The third-order valence-electron chi connectivity index (χ3n) is 3.34. The van der Waals surface area contributed by atoms with Gasteiger partial charge < -0.3 is 39.4 Å². The Morgan fingerprint density at radius 1 is 0.826 bits per heavy atom. The van der Waals surface area contributed by atoms with Crippen LogP contribution in [0.5, 0.6) is 0 Å². The van der Waals surface area contributed by atoms with Crippen molar-refractivity contribution in [1.29, 1.82) is 0 Å². The number of hydrogen-bond donors (Lipinski definition) is 4. The van der Waals surface area contributed by atoms with Gasteiger partial charge in [-0.3, -0.25) is 0 Å². The quantitative estimate of drug-likeness (QED) is 0.268. The lowest BCUT2D eigenvalue weighted by Gasteiger charge is -2.32. The lowest BCUT2D eigenvalue weighted by Crippen LogP contribution is -2.40. The van der Waals surface area contributed by atoms with Gasteiger partial charge in [-0.1, -0.05) is 6.92 Å². The fourth-order valence-electron chi connectivity index (χ4n) is 2.12. The molecule has 8 heteroatoms. The van der Waals surface area contributed by atoms with E-state index in [1.54, 1.807) is 0 Å². The van der Waals surface area contributed by atoms with Crippen molar-refractivity contribution in [2.45, 2.75) is 38.8 Å². The molecule has 4 N–H and O–H groups in total. The molecule has 0 aromatic heterocycles. The minimum Gasteiger partial charge on any atom is -0.394 e. The van der Waals surface area contributed by atoms with Crippen LogP contribution < -0.4 is 0 Å². The van der Waals surface area contributed by atoms with Gasteiger partial charge in [-0.05, 0) is 6.92 Å². The molecule has 0 rings (SSSR count). The summed E-state index contributed by atoms with van der Waals surface area (Å²) in [5.74, 6) is -0.160. The van der Waals surface area contributed by atoms with Crippen molar-refractivity contribution in [3.63, 3.8) is 0 Å². The van der Waals surface area contributed by atoms with Crippen LogP contribution in [0.1, 0.15) is 20.3 Å². The molecule has 0 heterocycles. The molecule has 0 saturated heterocycles. The highest BCUT2D eigenvalue weighted by Crippen LogP contribution is 2.21. The van der Waals surface area contributed by atoms with Crippen LogP contribution in [0.3, 0.4) is 0 Å². The van der Waals surface area contributed by atoms with Crippen LogP contribution in [0.25, 0.3) is 0 Å². The Kier molecular flexibility index (Phi) is 15.0. The first-order chi connectivity index (χ1) is 11.1. The first kappa shape index (κ1) is 22.7. The standard InChI is InChI=1S/C15H32O8/c1-3-20-11-14(22-8-5-17)12(2)13(21-7-4-16)10-15(19)23-9-6-18/h12-19H,3-11H2,1-2H3. The van der Waals surface area contributed by atoms with Crippen molar-refractivity contribution in [2.75, 3.05) is 52.9 Å². The molecule has 0 aliphatic rings. The summed E-state index contributed by atoms with van der Waals surface area (Å²) in [6, 6.07) is 0. The lowest BCUT2D eigenvalue weighted by molar-refractivity contribution is -0.155. The molecule has 0 aliphatic heterocycles. The van der Waals surface area contributed by atoms with E-state index >= 15 is 0 Å². The van der Waals surface area contributed by atoms with Gasteiger partial charge in [0.2, 0.25) is 0 Å². The van der Waals surface area contributed by atoms with E-state index in [9.17, 15) is 5.11 Å². The summed E-state index contributed by atoms with van der Waals surface area (Å²) in [5, 5.41) is 36.5. The molecule has 4 atom stereocenters. The Hall–Kier alpha value is -0.320. The first-order valence-electron chi connectivity index (χ1n) is 8.03. The minimum atomic E-state index is -1.08. The average Bonchev–Trinajstić information content (AvgIpc) is 2.56. The Morgan fingerprint density at radius 2 is 1.35 bits per heavy atom. The molecule has 0 saturated carbocycles. The zero-order valence-corrected chi connectivity index (χ0v) is 14.1. The molecule has 0 radical (unpaired) electrons. The molecule has 0 bridgehead atoms. The van der Waals surface area contributed by atoms with E-state index < -0.39 is 12.4 Å². The number of rotatable bonds is 16. The minimum absolute atomic E-state index is 0.0334. The molecule has 0 aromatic carbocycles. The zero-order chi connectivity index (χ0) is 17.5. The van der Waals surface area contributed by atoms with Gasteiger partial charge in [-0.2, -0.15) is 0 Å². The molecule has 4 unspecified atom stereocenters. The monoisotopic (exact) mass is 340 g/mol. The van der Waals surface area contributed by atoms with Crippen molar-refractivity contribution < 1.29 is 39.4 Å². The largest absolute Gasteiger partial charge is 0.394 e. The van der Waals surface area contributed by atoms with Crippen LogP contribution in [0, 0.1) is 5.92 Å². The van der Waals surface area contributed by atoms with Crippen molar-refractivity contribution in [3.8, 4) is 0 Å². The summed E-state index contributed by atoms with van der Waals surface area (Å²) < 4.78 is 21.6. The van der Waals surface area contributed by atoms with Crippen LogP contribution in [0.4, 0.5) is 0 Å². The second kappa shape index (κ2) is 15.2. The maximum absolute atomic E-state index is 9.84. The molecule has 0 fully saturated rings.